The molecule has 0 aliphatic carbocycles. The van der Waals surface area contributed by atoms with Gasteiger partial charge in [0.05, 0.1) is 11.4 Å². The Balaban J connectivity index is 2.63. The lowest BCUT2D eigenvalue weighted by atomic mass is 10.0. The number of nitrogen functional groups attached to an aromatic ring is 2. The van der Waals surface area contributed by atoms with Crippen LogP contribution in [0.2, 0.25) is 0 Å². The van der Waals surface area contributed by atoms with Crippen molar-refractivity contribution in [3.8, 4) is 11.3 Å². The molecule has 0 atom stereocenters. The summed E-state index contributed by atoms with van der Waals surface area (Å²) in [5.74, 6) is 0.369. The van der Waals surface area contributed by atoms with Crippen molar-refractivity contribution in [3.05, 3.63) is 35.7 Å². The largest absolute Gasteiger partial charge is 0.396 e. The summed E-state index contributed by atoms with van der Waals surface area (Å²) >= 11 is 0. The molecule has 2 rings (SSSR count). The van der Waals surface area contributed by atoms with Crippen molar-refractivity contribution in [1.29, 1.82) is 0 Å². The zero-order chi connectivity index (χ0) is 11.7. The molecule has 0 aromatic carbocycles. The van der Waals surface area contributed by atoms with Gasteiger partial charge < -0.3 is 11.5 Å². The van der Waals surface area contributed by atoms with Crippen LogP contribution < -0.4 is 11.5 Å². The van der Waals surface area contributed by atoms with Crippen LogP contribution in [0.3, 0.4) is 0 Å². The van der Waals surface area contributed by atoms with Crippen molar-refractivity contribution < 1.29 is 0 Å². The molecule has 2 heterocycles. The first-order valence-corrected chi connectivity index (χ1v) is 5.03. The second-order valence-electron chi connectivity index (χ2n) is 3.82. The molecular formula is C12H14N4. The Labute approximate surface area is 94.3 Å². The molecule has 4 N–H and O–H groups in total. The van der Waals surface area contributed by atoms with E-state index in [9.17, 15) is 0 Å². The number of pyridine rings is 2. The molecule has 2 aromatic rings. The zero-order valence-corrected chi connectivity index (χ0v) is 9.36. The Morgan fingerprint density at radius 2 is 1.62 bits per heavy atom. The highest BCUT2D eigenvalue weighted by atomic mass is 14.9. The molecule has 82 valence electrons. The topological polar surface area (TPSA) is 77.8 Å². The molecule has 0 saturated carbocycles. The average Bonchev–Trinajstić information content (AvgIpc) is 2.23. The summed E-state index contributed by atoms with van der Waals surface area (Å²) in [6.07, 6.45) is 3.63. The minimum absolute atomic E-state index is 0.369. The number of hydrogen-bond acceptors (Lipinski definition) is 4. The van der Waals surface area contributed by atoms with Gasteiger partial charge in [-0.25, -0.2) is 4.98 Å². The van der Waals surface area contributed by atoms with Crippen molar-refractivity contribution in [2.24, 2.45) is 0 Å². The third kappa shape index (κ3) is 1.69. The summed E-state index contributed by atoms with van der Waals surface area (Å²) in [4.78, 5) is 8.42. The van der Waals surface area contributed by atoms with Gasteiger partial charge in [-0.3, -0.25) is 4.98 Å². The number of aryl methyl sites for hydroxylation is 2. The maximum Gasteiger partial charge on any atom is 0.147 e. The molecule has 0 unspecified atom stereocenters. The van der Waals surface area contributed by atoms with Gasteiger partial charge in [0.1, 0.15) is 5.82 Å². The van der Waals surface area contributed by atoms with E-state index >= 15 is 0 Å². The fourth-order valence-corrected chi connectivity index (χ4v) is 1.73. The molecule has 0 spiro atoms. The van der Waals surface area contributed by atoms with Gasteiger partial charge in [0.2, 0.25) is 0 Å². The number of nitrogens with zero attached hydrogens (tertiary/aromatic N) is 2. The summed E-state index contributed by atoms with van der Waals surface area (Å²) in [6.45, 7) is 4.01. The van der Waals surface area contributed by atoms with Crippen molar-refractivity contribution in [2.75, 3.05) is 11.5 Å². The van der Waals surface area contributed by atoms with Crippen LogP contribution in [0.1, 0.15) is 11.1 Å². The van der Waals surface area contributed by atoms with E-state index in [1.807, 2.05) is 32.3 Å². The Hall–Kier alpha value is -2.10. The van der Waals surface area contributed by atoms with E-state index < -0.39 is 0 Å². The molecule has 0 aliphatic rings. The quantitative estimate of drug-likeness (QED) is 0.760. The van der Waals surface area contributed by atoms with Crippen LogP contribution in [0, 0.1) is 13.8 Å². The van der Waals surface area contributed by atoms with Crippen LogP contribution in [0.25, 0.3) is 11.3 Å². The normalized spacial score (nSPS) is 10.4. The summed E-state index contributed by atoms with van der Waals surface area (Å²) in [5, 5.41) is 0. The van der Waals surface area contributed by atoms with Gasteiger partial charge in [0.15, 0.2) is 0 Å². The van der Waals surface area contributed by atoms with E-state index in [0.717, 1.165) is 22.4 Å². The third-order valence-corrected chi connectivity index (χ3v) is 2.54. The highest BCUT2D eigenvalue weighted by Crippen LogP contribution is 2.26. The summed E-state index contributed by atoms with van der Waals surface area (Å²) < 4.78 is 0. The van der Waals surface area contributed by atoms with E-state index in [1.54, 1.807) is 6.07 Å². The van der Waals surface area contributed by atoms with E-state index in [1.165, 1.54) is 0 Å². The van der Waals surface area contributed by atoms with E-state index in [0.29, 0.717) is 11.5 Å². The molecule has 0 bridgehead atoms. The SMILES string of the molecule is Cc1cncc(C)c1-c1ccc(N)c(N)n1. The van der Waals surface area contributed by atoms with Gasteiger partial charge >= 0.3 is 0 Å². The Morgan fingerprint density at radius 1 is 1.00 bits per heavy atom. The van der Waals surface area contributed by atoms with Crippen LogP contribution in [0.4, 0.5) is 11.5 Å². The monoisotopic (exact) mass is 214 g/mol. The lowest BCUT2D eigenvalue weighted by molar-refractivity contribution is 1.20. The van der Waals surface area contributed by atoms with Crippen LogP contribution in [0.15, 0.2) is 24.5 Å². The summed E-state index contributed by atoms with van der Waals surface area (Å²) in [6, 6.07) is 3.65. The minimum Gasteiger partial charge on any atom is -0.396 e. The molecular weight excluding hydrogens is 200 g/mol. The predicted octanol–water partition coefficient (Wildman–Crippen LogP) is 1.92. The second kappa shape index (κ2) is 3.81. The molecule has 0 aliphatic heterocycles. The van der Waals surface area contributed by atoms with Crippen molar-refractivity contribution in [1.82, 2.24) is 9.97 Å². The van der Waals surface area contributed by atoms with Crippen LogP contribution in [0.5, 0.6) is 0 Å². The maximum atomic E-state index is 5.71. The Kier molecular flexibility index (Phi) is 2.48. The molecule has 16 heavy (non-hydrogen) atoms. The molecule has 0 saturated heterocycles. The van der Waals surface area contributed by atoms with Crippen molar-refractivity contribution >= 4 is 11.5 Å². The van der Waals surface area contributed by atoms with Gasteiger partial charge in [-0.1, -0.05) is 0 Å². The maximum absolute atomic E-state index is 5.71. The molecule has 4 heteroatoms. The number of rotatable bonds is 1. The third-order valence-electron chi connectivity index (χ3n) is 2.54. The zero-order valence-electron chi connectivity index (χ0n) is 9.36. The van der Waals surface area contributed by atoms with Gasteiger partial charge in [-0.15, -0.1) is 0 Å². The minimum atomic E-state index is 0.369. The molecule has 0 radical (unpaired) electrons. The van der Waals surface area contributed by atoms with Crippen LogP contribution >= 0.6 is 0 Å². The first-order valence-electron chi connectivity index (χ1n) is 5.03. The molecule has 4 nitrogen and oxygen atoms in total. The standard InChI is InChI=1S/C12H14N4/c1-7-5-15-6-8(2)11(7)10-4-3-9(13)12(14)16-10/h3-6H,13H2,1-2H3,(H2,14,16). The number of nitrogens with two attached hydrogens (primary N) is 2. The summed E-state index contributed by atoms with van der Waals surface area (Å²) in [5.41, 5.74) is 15.9. The number of anilines is 2. The van der Waals surface area contributed by atoms with Crippen LogP contribution in [-0.4, -0.2) is 9.97 Å². The predicted molar refractivity (Wildman–Crippen MR) is 65.8 cm³/mol. The lowest BCUT2D eigenvalue weighted by Gasteiger charge is -2.09. The lowest BCUT2D eigenvalue weighted by Crippen LogP contribution is -2.00. The average molecular weight is 214 g/mol. The first kappa shape index (κ1) is 10.4. The fraction of sp³-hybridized carbons (Fsp3) is 0.167. The highest BCUT2D eigenvalue weighted by Gasteiger charge is 2.08. The second-order valence-corrected chi connectivity index (χ2v) is 3.82. The molecule has 0 amide bonds. The summed E-state index contributed by atoms with van der Waals surface area (Å²) in [7, 11) is 0. The number of aromatic nitrogens is 2. The van der Waals surface area contributed by atoms with E-state index in [2.05, 4.69) is 9.97 Å². The van der Waals surface area contributed by atoms with Gasteiger partial charge in [-0.2, -0.15) is 0 Å². The van der Waals surface area contributed by atoms with Crippen molar-refractivity contribution in [3.63, 3.8) is 0 Å². The van der Waals surface area contributed by atoms with Gasteiger partial charge in [-0.05, 0) is 37.1 Å². The van der Waals surface area contributed by atoms with E-state index in [4.69, 9.17) is 11.5 Å². The molecule has 2 aromatic heterocycles. The Bertz CT molecular complexity index is 514. The number of hydrogen-bond donors (Lipinski definition) is 2. The van der Waals surface area contributed by atoms with Crippen molar-refractivity contribution in [2.45, 2.75) is 13.8 Å². The van der Waals surface area contributed by atoms with Gasteiger partial charge in [0, 0.05) is 18.0 Å². The smallest absolute Gasteiger partial charge is 0.147 e. The molecule has 0 fully saturated rings. The van der Waals surface area contributed by atoms with E-state index in [-0.39, 0.29) is 0 Å². The highest BCUT2D eigenvalue weighted by molar-refractivity contribution is 5.71. The fourth-order valence-electron chi connectivity index (χ4n) is 1.73. The van der Waals surface area contributed by atoms with Crippen LogP contribution in [-0.2, 0) is 0 Å². The first-order chi connectivity index (χ1) is 7.59. The van der Waals surface area contributed by atoms with Gasteiger partial charge in [0.25, 0.3) is 0 Å². The Morgan fingerprint density at radius 3 is 2.19 bits per heavy atom.